The molecule has 0 aliphatic carbocycles. The number of nitrogens with zero attached hydrogens (tertiary/aromatic N) is 2. The summed E-state index contributed by atoms with van der Waals surface area (Å²) in [6.07, 6.45) is 0. The predicted octanol–water partition coefficient (Wildman–Crippen LogP) is 2.45. The van der Waals surface area contributed by atoms with E-state index in [4.69, 9.17) is 4.74 Å². The van der Waals surface area contributed by atoms with Crippen LogP contribution in [0.25, 0.3) is 0 Å². The summed E-state index contributed by atoms with van der Waals surface area (Å²) >= 11 is 3.75. The highest BCUT2D eigenvalue weighted by Gasteiger charge is 2.23. The van der Waals surface area contributed by atoms with E-state index in [1.165, 1.54) is 10.6 Å². The predicted molar refractivity (Wildman–Crippen MR) is 69.6 cm³/mol. The summed E-state index contributed by atoms with van der Waals surface area (Å²) in [4.78, 5) is 1.39. The lowest BCUT2D eigenvalue weighted by Crippen LogP contribution is -2.34. The zero-order chi connectivity index (χ0) is 10.8. The van der Waals surface area contributed by atoms with Crippen molar-refractivity contribution in [1.82, 2.24) is 4.31 Å². The van der Waals surface area contributed by atoms with Crippen molar-refractivity contribution in [2.45, 2.75) is 4.90 Å². The molecule has 0 aromatic heterocycles. The molecule has 0 atom stereocenters. The first-order chi connectivity index (χ1) is 7.93. The molecule has 2 aliphatic rings. The van der Waals surface area contributed by atoms with Gasteiger partial charge in [0.1, 0.15) is 0 Å². The van der Waals surface area contributed by atoms with E-state index in [1.807, 2.05) is 23.9 Å². The van der Waals surface area contributed by atoms with E-state index in [2.05, 4.69) is 32.9 Å². The minimum Gasteiger partial charge on any atom is -0.379 e. The van der Waals surface area contributed by atoms with E-state index in [0.29, 0.717) is 0 Å². The Morgan fingerprint density at radius 2 is 2.00 bits per heavy atom. The quantitative estimate of drug-likeness (QED) is 0.751. The van der Waals surface area contributed by atoms with Gasteiger partial charge in [-0.05, 0) is 12.1 Å². The van der Waals surface area contributed by atoms with Gasteiger partial charge in [-0.2, -0.15) is 0 Å². The van der Waals surface area contributed by atoms with Gasteiger partial charge in [-0.15, -0.1) is 11.8 Å². The van der Waals surface area contributed by atoms with Crippen molar-refractivity contribution < 1.29 is 4.74 Å². The second-order valence-electron chi connectivity index (χ2n) is 3.74. The largest absolute Gasteiger partial charge is 0.379 e. The van der Waals surface area contributed by atoms with Crippen LogP contribution in [-0.4, -0.2) is 36.5 Å². The van der Waals surface area contributed by atoms with Crippen molar-refractivity contribution in [2.75, 3.05) is 36.5 Å². The molecule has 2 heterocycles. The maximum atomic E-state index is 5.35. The van der Waals surface area contributed by atoms with Gasteiger partial charge in [-0.1, -0.05) is 12.1 Å². The number of benzene rings is 1. The van der Waals surface area contributed by atoms with Crippen LogP contribution in [-0.2, 0) is 4.74 Å². The third-order valence-corrected chi connectivity index (χ3v) is 4.98. The second-order valence-corrected chi connectivity index (χ2v) is 5.85. The van der Waals surface area contributed by atoms with E-state index in [9.17, 15) is 0 Å². The summed E-state index contributed by atoms with van der Waals surface area (Å²) in [5.74, 6) is 1.04. The first kappa shape index (κ1) is 10.8. The fourth-order valence-electron chi connectivity index (χ4n) is 1.82. The van der Waals surface area contributed by atoms with E-state index in [-0.39, 0.29) is 0 Å². The molecule has 5 heteroatoms. The number of rotatable bonds is 2. The van der Waals surface area contributed by atoms with Crippen LogP contribution in [0.3, 0.4) is 0 Å². The summed E-state index contributed by atoms with van der Waals surface area (Å²) in [6, 6.07) is 8.61. The highest BCUT2D eigenvalue weighted by atomic mass is 32.2. The molecule has 0 radical (unpaired) electrons. The summed E-state index contributed by atoms with van der Waals surface area (Å²) in [5.41, 5.74) is 1.35. The lowest BCUT2D eigenvalue weighted by Gasteiger charge is -2.29. The molecule has 0 spiro atoms. The Labute approximate surface area is 104 Å². The highest BCUT2D eigenvalue weighted by molar-refractivity contribution is 8.03. The van der Waals surface area contributed by atoms with Crippen LogP contribution in [0.5, 0.6) is 0 Å². The summed E-state index contributed by atoms with van der Waals surface area (Å²) < 4.78 is 10.1. The molecule has 1 saturated heterocycles. The van der Waals surface area contributed by atoms with Crippen LogP contribution in [0.2, 0.25) is 0 Å². The van der Waals surface area contributed by atoms with Gasteiger partial charge in [0.15, 0.2) is 0 Å². The maximum absolute atomic E-state index is 5.35. The third-order valence-electron chi connectivity index (χ3n) is 2.66. The number of ether oxygens (including phenoxy) is 1. The van der Waals surface area contributed by atoms with Gasteiger partial charge in [0.25, 0.3) is 0 Å². The van der Waals surface area contributed by atoms with Crippen molar-refractivity contribution in [3.8, 4) is 0 Å². The van der Waals surface area contributed by atoms with E-state index in [0.717, 1.165) is 32.2 Å². The summed E-state index contributed by atoms with van der Waals surface area (Å²) in [6.45, 7) is 3.76. The molecule has 1 aromatic carbocycles. The van der Waals surface area contributed by atoms with Gasteiger partial charge in [-0.25, -0.2) is 4.31 Å². The second kappa shape index (κ2) is 4.87. The molecule has 1 aromatic rings. The number of para-hydroxylation sites is 1. The normalized spacial score (nSPS) is 21.1. The van der Waals surface area contributed by atoms with Crippen LogP contribution in [0.1, 0.15) is 0 Å². The van der Waals surface area contributed by atoms with Crippen LogP contribution in [0, 0.1) is 0 Å². The molecular weight excluding hydrogens is 240 g/mol. The molecule has 0 unspecified atom stereocenters. The topological polar surface area (TPSA) is 15.7 Å². The average Bonchev–Trinajstić information content (AvgIpc) is 2.74. The number of fused-ring (bicyclic) bond motifs is 1. The average molecular weight is 254 g/mol. The lowest BCUT2D eigenvalue weighted by molar-refractivity contribution is 0.0773. The standard InChI is InChI=1S/C11H14N2OS2/c1-2-4-11-10(3-1)13(9-15-11)16-12-5-7-14-8-6-12/h1-4H,5-9H2. The van der Waals surface area contributed by atoms with Crippen molar-refractivity contribution in [2.24, 2.45) is 0 Å². The first-order valence-electron chi connectivity index (χ1n) is 5.43. The molecule has 2 aliphatic heterocycles. The fraction of sp³-hybridized carbons (Fsp3) is 0.455. The number of anilines is 1. The maximum Gasteiger partial charge on any atom is 0.0810 e. The van der Waals surface area contributed by atoms with Crippen LogP contribution < -0.4 is 4.31 Å². The van der Waals surface area contributed by atoms with Crippen molar-refractivity contribution >= 4 is 29.6 Å². The monoisotopic (exact) mass is 254 g/mol. The highest BCUT2D eigenvalue weighted by Crippen LogP contribution is 2.42. The molecule has 1 fully saturated rings. The summed E-state index contributed by atoms with van der Waals surface area (Å²) in [5, 5.41) is 0. The Balaban J connectivity index is 1.68. The van der Waals surface area contributed by atoms with E-state index < -0.39 is 0 Å². The van der Waals surface area contributed by atoms with Gasteiger partial charge >= 0.3 is 0 Å². The molecule has 3 nitrogen and oxygen atoms in total. The Morgan fingerprint density at radius 1 is 1.19 bits per heavy atom. The molecule has 0 N–H and O–H groups in total. The molecular formula is C11H14N2OS2. The third kappa shape index (κ3) is 2.18. The minimum atomic E-state index is 0.857. The van der Waals surface area contributed by atoms with Crippen LogP contribution in [0.15, 0.2) is 29.2 Å². The molecule has 0 amide bonds. The Bertz CT molecular complexity index is 369. The smallest absolute Gasteiger partial charge is 0.0810 e. The van der Waals surface area contributed by atoms with Gasteiger partial charge in [0, 0.05) is 30.1 Å². The molecule has 3 rings (SSSR count). The molecule has 0 bridgehead atoms. The zero-order valence-corrected chi connectivity index (χ0v) is 10.6. The Kier molecular flexibility index (Phi) is 3.28. The van der Waals surface area contributed by atoms with Gasteiger partial charge in [-0.3, -0.25) is 4.31 Å². The zero-order valence-electron chi connectivity index (χ0n) is 8.96. The Hall–Kier alpha value is -0.360. The van der Waals surface area contributed by atoms with Crippen molar-refractivity contribution in [3.63, 3.8) is 0 Å². The van der Waals surface area contributed by atoms with Gasteiger partial charge in [0.05, 0.1) is 24.8 Å². The number of thioether (sulfide) groups is 1. The van der Waals surface area contributed by atoms with Gasteiger partial charge < -0.3 is 4.74 Å². The van der Waals surface area contributed by atoms with Crippen molar-refractivity contribution in [3.05, 3.63) is 24.3 Å². The number of hydrogen-bond acceptors (Lipinski definition) is 5. The van der Waals surface area contributed by atoms with Gasteiger partial charge in [0.2, 0.25) is 0 Å². The molecule has 0 saturated carbocycles. The number of morpholine rings is 1. The number of hydrogen-bond donors (Lipinski definition) is 0. The van der Waals surface area contributed by atoms with Crippen molar-refractivity contribution in [1.29, 1.82) is 0 Å². The molecule has 86 valence electrons. The first-order valence-corrected chi connectivity index (χ1v) is 7.15. The minimum absolute atomic E-state index is 0.857. The Morgan fingerprint density at radius 3 is 2.88 bits per heavy atom. The van der Waals surface area contributed by atoms with E-state index in [1.54, 1.807) is 0 Å². The molecule has 16 heavy (non-hydrogen) atoms. The van der Waals surface area contributed by atoms with Crippen LogP contribution >= 0.6 is 23.9 Å². The SMILES string of the molecule is c1ccc2c(c1)SCN2SN1CCOCC1. The van der Waals surface area contributed by atoms with Crippen LogP contribution in [0.4, 0.5) is 5.69 Å². The summed E-state index contributed by atoms with van der Waals surface area (Å²) in [7, 11) is 0. The lowest BCUT2D eigenvalue weighted by atomic mass is 10.3. The van der Waals surface area contributed by atoms with E-state index >= 15 is 0 Å². The fourth-order valence-corrected chi connectivity index (χ4v) is 3.96.